The van der Waals surface area contributed by atoms with Gasteiger partial charge in [0, 0.05) is 31.6 Å². The lowest BCUT2D eigenvalue weighted by molar-refractivity contribution is 0.104. The van der Waals surface area contributed by atoms with Gasteiger partial charge in [0.05, 0.1) is 0 Å². The molecule has 2 aromatic carbocycles. The Kier molecular flexibility index (Phi) is 5.20. The average Bonchev–Trinajstić information content (AvgIpc) is 2.42. The van der Waals surface area contributed by atoms with Crippen molar-refractivity contribution in [3.8, 4) is 0 Å². The van der Waals surface area contributed by atoms with Crippen molar-refractivity contribution in [2.24, 2.45) is 0 Å². The number of hydrogen-bond donors (Lipinski definition) is 1. The molecule has 0 aliphatic rings. The molecule has 20 heavy (non-hydrogen) atoms. The van der Waals surface area contributed by atoms with Gasteiger partial charge < -0.3 is 5.32 Å². The second-order valence-corrected chi connectivity index (χ2v) is 6.01. The number of rotatable bonds is 4. The molecule has 0 amide bonds. The summed E-state index contributed by atoms with van der Waals surface area (Å²) < 4.78 is 1.17. The summed E-state index contributed by atoms with van der Waals surface area (Å²) in [4.78, 5) is 12.1. The van der Waals surface area contributed by atoms with Crippen LogP contribution in [0.3, 0.4) is 0 Å². The molecule has 0 aromatic heterocycles. The lowest BCUT2D eigenvalue weighted by Crippen LogP contribution is -2.01. The van der Waals surface area contributed by atoms with Gasteiger partial charge in [-0.3, -0.25) is 4.79 Å². The van der Waals surface area contributed by atoms with Crippen LogP contribution in [0.4, 0.5) is 5.69 Å². The van der Waals surface area contributed by atoms with Crippen molar-refractivity contribution in [3.05, 3.63) is 74.5 Å². The first-order valence-electron chi connectivity index (χ1n) is 6.05. The highest BCUT2D eigenvalue weighted by Gasteiger charge is 2.03. The van der Waals surface area contributed by atoms with Crippen molar-refractivity contribution in [3.63, 3.8) is 0 Å². The van der Waals surface area contributed by atoms with Gasteiger partial charge in [0.15, 0.2) is 5.78 Å². The van der Waals surface area contributed by atoms with Crippen LogP contribution in [0.1, 0.15) is 17.3 Å². The lowest BCUT2D eigenvalue weighted by Gasteiger charge is -2.06. The van der Waals surface area contributed by atoms with E-state index >= 15 is 0 Å². The summed E-state index contributed by atoms with van der Waals surface area (Å²) in [6.45, 7) is 1.87. The number of ketones is 1. The molecule has 2 nitrogen and oxygen atoms in total. The fourth-order valence-corrected chi connectivity index (χ4v) is 2.18. The van der Waals surface area contributed by atoms with Gasteiger partial charge >= 0.3 is 0 Å². The molecule has 0 radical (unpaired) electrons. The third kappa shape index (κ3) is 4.35. The second-order valence-electron chi connectivity index (χ2n) is 4.33. The molecule has 0 bridgehead atoms. The van der Waals surface area contributed by atoms with Crippen molar-refractivity contribution >= 4 is 45.7 Å². The summed E-state index contributed by atoms with van der Waals surface area (Å²) in [5, 5.41) is 3.82. The lowest BCUT2D eigenvalue weighted by atomic mass is 10.1. The molecular weight excluding hydrogens is 385 g/mol. The smallest absolute Gasteiger partial charge is 0.187 e. The van der Waals surface area contributed by atoms with Crippen LogP contribution in [-0.4, -0.2) is 5.78 Å². The highest BCUT2D eigenvalue weighted by molar-refractivity contribution is 14.1. The third-order valence-electron chi connectivity index (χ3n) is 2.66. The number of carbonyl (C=O) groups is 1. The largest absolute Gasteiger partial charge is 0.359 e. The Morgan fingerprint density at radius 3 is 2.30 bits per heavy atom. The van der Waals surface area contributed by atoms with E-state index < -0.39 is 0 Å². The Labute approximate surface area is 137 Å². The molecule has 2 aromatic rings. The summed E-state index contributed by atoms with van der Waals surface area (Å²) in [5.41, 5.74) is 2.38. The van der Waals surface area contributed by atoms with Crippen LogP contribution in [-0.2, 0) is 0 Å². The predicted octanol–water partition coefficient (Wildman–Crippen LogP) is 5.14. The highest BCUT2D eigenvalue weighted by Crippen LogP contribution is 2.14. The van der Waals surface area contributed by atoms with E-state index in [9.17, 15) is 4.79 Å². The molecule has 0 aliphatic heterocycles. The average molecular weight is 398 g/mol. The summed E-state index contributed by atoms with van der Waals surface area (Å²) in [5.74, 6) is -0.0443. The van der Waals surface area contributed by atoms with Crippen LogP contribution in [0, 0.1) is 3.57 Å². The minimum atomic E-state index is -0.0443. The number of benzene rings is 2. The molecule has 0 spiro atoms. The first-order chi connectivity index (χ1) is 9.54. The number of carbonyl (C=O) groups excluding carboxylic acids is 1. The van der Waals surface area contributed by atoms with E-state index in [0.29, 0.717) is 10.6 Å². The Morgan fingerprint density at radius 2 is 1.70 bits per heavy atom. The van der Waals surface area contributed by atoms with E-state index in [2.05, 4.69) is 27.9 Å². The minimum Gasteiger partial charge on any atom is -0.359 e. The highest BCUT2D eigenvalue weighted by atomic mass is 127. The fourth-order valence-electron chi connectivity index (χ4n) is 1.69. The van der Waals surface area contributed by atoms with Gasteiger partial charge in [-0.25, -0.2) is 0 Å². The van der Waals surface area contributed by atoms with Crippen molar-refractivity contribution in [2.75, 3.05) is 5.32 Å². The van der Waals surface area contributed by atoms with E-state index in [1.54, 1.807) is 30.3 Å². The fraction of sp³-hybridized carbons (Fsp3) is 0.0625. The van der Waals surface area contributed by atoms with Gasteiger partial charge in [-0.05, 0) is 78.0 Å². The zero-order chi connectivity index (χ0) is 14.5. The van der Waals surface area contributed by atoms with E-state index in [1.165, 1.54) is 3.57 Å². The Hall–Kier alpha value is -1.33. The number of halogens is 2. The van der Waals surface area contributed by atoms with E-state index in [-0.39, 0.29) is 5.78 Å². The zero-order valence-corrected chi connectivity index (χ0v) is 13.8. The number of anilines is 1. The Balaban J connectivity index is 2.07. The number of nitrogens with one attached hydrogen (secondary N) is 1. The molecule has 0 unspecified atom stereocenters. The molecule has 0 aliphatic carbocycles. The van der Waals surface area contributed by atoms with Crippen molar-refractivity contribution in [1.82, 2.24) is 0 Å². The summed E-state index contributed by atoms with van der Waals surface area (Å²) in [7, 11) is 0. The first-order valence-corrected chi connectivity index (χ1v) is 7.51. The summed E-state index contributed by atoms with van der Waals surface area (Å²) in [6.07, 6.45) is 1.58. The first kappa shape index (κ1) is 15.1. The normalized spacial score (nSPS) is 11.2. The standard InChI is InChI=1S/C16H13ClINO/c1-11(19-15-8-6-14(18)7-9-15)10-16(20)12-2-4-13(17)5-3-12/h2-10,19H,1H3/b11-10+. The van der Waals surface area contributed by atoms with Crippen LogP contribution in [0.5, 0.6) is 0 Å². The molecule has 0 atom stereocenters. The van der Waals surface area contributed by atoms with Gasteiger partial charge in [0.25, 0.3) is 0 Å². The monoisotopic (exact) mass is 397 g/mol. The molecular formula is C16H13ClINO. The maximum atomic E-state index is 12.1. The van der Waals surface area contributed by atoms with Crippen molar-refractivity contribution < 1.29 is 4.79 Å². The summed E-state index contributed by atoms with van der Waals surface area (Å²) >= 11 is 8.06. The molecule has 1 N–H and O–H groups in total. The molecule has 0 fully saturated rings. The van der Waals surface area contributed by atoms with Gasteiger partial charge in [-0.2, -0.15) is 0 Å². The molecule has 0 heterocycles. The van der Waals surface area contributed by atoms with Crippen LogP contribution >= 0.6 is 34.2 Å². The minimum absolute atomic E-state index is 0.0443. The maximum absolute atomic E-state index is 12.1. The Bertz CT molecular complexity index is 633. The predicted molar refractivity (Wildman–Crippen MR) is 92.3 cm³/mol. The zero-order valence-electron chi connectivity index (χ0n) is 10.9. The topological polar surface area (TPSA) is 29.1 Å². The summed E-state index contributed by atoms with van der Waals surface area (Å²) in [6, 6.07) is 14.8. The Morgan fingerprint density at radius 1 is 1.10 bits per heavy atom. The van der Waals surface area contributed by atoms with Crippen LogP contribution in [0.15, 0.2) is 60.3 Å². The van der Waals surface area contributed by atoms with E-state index in [4.69, 9.17) is 11.6 Å². The second kappa shape index (κ2) is 6.90. The van der Waals surface area contributed by atoms with Crippen LogP contribution in [0.25, 0.3) is 0 Å². The van der Waals surface area contributed by atoms with E-state index in [0.717, 1.165) is 11.4 Å². The van der Waals surface area contributed by atoms with Crippen molar-refractivity contribution in [2.45, 2.75) is 6.92 Å². The molecule has 4 heteroatoms. The van der Waals surface area contributed by atoms with Crippen LogP contribution in [0.2, 0.25) is 5.02 Å². The van der Waals surface area contributed by atoms with Gasteiger partial charge in [-0.1, -0.05) is 11.6 Å². The molecule has 0 saturated heterocycles. The SMILES string of the molecule is C/C(=C\C(=O)c1ccc(Cl)cc1)Nc1ccc(I)cc1. The number of allylic oxidation sites excluding steroid dienone is 2. The number of hydrogen-bond acceptors (Lipinski definition) is 2. The maximum Gasteiger partial charge on any atom is 0.187 e. The van der Waals surface area contributed by atoms with Gasteiger partial charge in [-0.15, -0.1) is 0 Å². The van der Waals surface area contributed by atoms with Crippen LogP contribution < -0.4 is 5.32 Å². The van der Waals surface area contributed by atoms with Gasteiger partial charge in [0.1, 0.15) is 0 Å². The molecule has 2 rings (SSSR count). The van der Waals surface area contributed by atoms with E-state index in [1.807, 2.05) is 31.2 Å². The van der Waals surface area contributed by atoms with Gasteiger partial charge in [0.2, 0.25) is 0 Å². The quantitative estimate of drug-likeness (QED) is 0.439. The third-order valence-corrected chi connectivity index (χ3v) is 3.63. The molecule has 102 valence electrons. The van der Waals surface area contributed by atoms with Crippen molar-refractivity contribution in [1.29, 1.82) is 0 Å². The molecule has 0 saturated carbocycles.